The summed E-state index contributed by atoms with van der Waals surface area (Å²) in [4.78, 5) is 5.64. The normalized spacial score (nSPS) is 11.9. The van der Waals surface area contributed by atoms with Gasteiger partial charge in [0.05, 0.1) is 22.2 Å². The quantitative estimate of drug-likeness (QED) is 0.119. The molecule has 63 heavy (non-hydrogen) atoms. The molecule has 0 spiro atoms. The highest BCUT2D eigenvalue weighted by molar-refractivity contribution is 7.85. The second kappa shape index (κ2) is 15.0. The van der Waals surface area contributed by atoms with Gasteiger partial charge in [0, 0.05) is 59.7 Å². The highest BCUT2D eigenvalue weighted by Crippen LogP contribution is 2.46. The van der Waals surface area contributed by atoms with Crippen molar-refractivity contribution in [2.45, 2.75) is 0 Å². The van der Waals surface area contributed by atoms with Crippen molar-refractivity contribution >= 4 is 77.3 Å². The Hall–Kier alpha value is -7.84. The third-order valence-corrected chi connectivity index (χ3v) is 15.8. The smallest absolute Gasteiger partial charge is 0.171 e. The molecule has 0 saturated heterocycles. The number of rotatable bonds is 7. The van der Waals surface area contributed by atoms with Crippen LogP contribution in [0.1, 0.15) is 0 Å². The van der Waals surface area contributed by atoms with Crippen molar-refractivity contribution in [3.8, 4) is 39.2 Å². The van der Waals surface area contributed by atoms with Gasteiger partial charge in [0.25, 0.3) is 0 Å². The number of fused-ring (bicyclic) bond motifs is 8. The lowest BCUT2D eigenvalue weighted by atomic mass is 9.89. The van der Waals surface area contributed by atoms with E-state index in [0.717, 1.165) is 87.7 Å². The van der Waals surface area contributed by atoms with Gasteiger partial charge in [-0.15, -0.1) is 0 Å². The molecule has 4 heteroatoms. The lowest BCUT2D eigenvalue weighted by molar-refractivity contribution is 0.592. The zero-order valence-corrected chi connectivity index (χ0v) is 35.2. The van der Waals surface area contributed by atoms with E-state index in [9.17, 15) is 0 Å². The Morgan fingerprint density at radius 2 is 0.873 bits per heavy atom. The zero-order chi connectivity index (χ0) is 41.9. The van der Waals surface area contributed by atoms with E-state index in [1.807, 2.05) is 60.7 Å². The molecule has 12 aromatic rings. The van der Waals surface area contributed by atoms with Crippen molar-refractivity contribution in [1.82, 2.24) is 9.55 Å². The molecule has 2 aromatic heterocycles. The second-order valence-corrected chi connectivity index (χ2v) is 18.9. The first-order valence-corrected chi connectivity index (χ1v) is 23.1. The minimum Gasteiger partial charge on any atom is -0.309 e. The van der Waals surface area contributed by atoms with E-state index in [2.05, 4.69) is 180 Å². The van der Waals surface area contributed by atoms with Crippen LogP contribution in [0.5, 0.6) is 0 Å². The zero-order valence-electron chi connectivity index (χ0n) is 34.3. The van der Waals surface area contributed by atoms with E-state index in [-0.39, 0.29) is 0 Å². The van der Waals surface area contributed by atoms with Gasteiger partial charge in [-0.2, -0.15) is 0 Å². The van der Waals surface area contributed by atoms with E-state index in [1.165, 1.54) is 21.7 Å². The van der Waals surface area contributed by atoms with Crippen molar-refractivity contribution in [3.05, 3.63) is 237 Å². The van der Waals surface area contributed by atoms with Gasteiger partial charge in [0.2, 0.25) is 0 Å². The summed E-state index contributed by atoms with van der Waals surface area (Å²) >= 11 is 0. The minimum absolute atomic E-state index is 0.814. The summed E-state index contributed by atoms with van der Waals surface area (Å²) in [5, 5.41) is 10.6. The Bertz CT molecular complexity index is 3690. The third kappa shape index (κ3) is 5.89. The Morgan fingerprint density at radius 1 is 0.333 bits per heavy atom. The maximum absolute atomic E-state index is 15.2. The van der Waals surface area contributed by atoms with Crippen molar-refractivity contribution in [2.24, 2.45) is 0 Å². The Kier molecular flexibility index (Phi) is 8.78. The van der Waals surface area contributed by atoms with Crippen molar-refractivity contribution in [3.63, 3.8) is 0 Å². The van der Waals surface area contributed by atoms with Gasteiger partial charge < -0.3 is 9.13 Å². The number of hydrogen-bond donors (Lipinski definition) is 0. The van der Waals surface area contributed by atoms with Gasteiger partial charge in [-0.1, -0.05) is 212 Å². The lowest BCUT2D eigenvalue weighted by Crippen LogP contribution is -2.24. The van der Waals surface area contributed by atoms with Crippen LogP contribution in [-0.2, 0) is 4.57 Å². The van der Waals surface area contributed by atoms with Gasteiger partial charge in [-0.05, 0) is 51.7 Å². The molecule has 0 radical (unpaired) electrons. The molecular formula is C59H39N2OP. The van der Waals surface area contributed by atoms with Crippen LogP contribution in [-0.4, -0.2) is 9.55 Å². The van der Waals surface area contributed by atoms with E-state index in [1.54, 1.807) is 0 Å². The first-order valence-electron chi connectivity index (χ1n) is 21.4. The van der Waals surface area contributed by atoms with Crippen LogP contribution in [0.15, 0.2) is 237 Å². The molecule has 0 N–H and O–H groups in total. The summed E-state index contributed by atoms with van der Waals surface area (Å²) in [6.07, 6.45) is 0. The van der Waals surface area contributed by atoms with E-state index in [4.69, 9.17) is 4.98 Å². The molecule has 2 heterocycles. The average molecular weight is 823 g/mol. The first kappa shape index (κ1) is 37.0. The molecule has 296 valence electrons. The molecular weight excluding hydrogens is 784 g/mol. The summed E-state index contributed by atoms with van der Waals surface area (Å²) < 4.78 is 17.6. The van der Waals surface area contributed by atoms with E-state index >= 15 is 4.57 Å². The van der Waals surface area contributed by atoms with Crippen molar-refractivity contribution < 1.29 is 4.57 Å². The topological polar surface area (TPSA) is 34.9 Å². The number of para-hydroxylation sites is 3. The fourth-order valence-electron chi connectivity index (χ4n) is 9.82. The third-order valence-electron chi connectivity index (χ3n) is 12.7. The summed E-state index contributed by atoms with van der Waals surface area (Å²) in [5.41, 5.74) is 10.9. The second-order valence-electron chi connectivity index (χ2n) is 16.1. The summed E-state index contributed by atoms with van der Waals surface area (Å²) in [5.74, 6) is 0. The van der Waals surface area contributed by atoms with Crippen LogP contribution in [0.2, 0.25) is 0 Å². The molecule has 10 aromatic carbocycles. The maximum atomic E-state index is 15.2. The number of pyridine rings is 1. The number of nitrogens with zero attached hydrogens (tertiary/aromatic N) is 2. The van der Waals surface area contributed by atoms with Crippen LogP contribution in [0, 0.1) is 0 Å². The van der Waals surface area contributed by atoms with Crippen LogP contribution in [0.25, 0.3) is 93.5 Å². The predicted molar refractivity (Wildman–Crippen MR) is 267 cm³/mol. The van der Waals surface area contributed by atoms with Crippen LogP contribution in [0.3, 0.4) is 0 Å². The molecule has 0 aliphatic heterocycles. The van der Waals surface area contributed by atoms with Gasteiger partial charge in [0.15, 0.2) is 7.14 Å². The monoisotopic (exact) mass is 822 g/mol. The first-order chi connectivity index (χ1) is 31.2. The van der Waals surface area contributed by atoms with E-state index < -0.39 is 7.14 Å². The summed E-state index contributed by atoms with van der Waals surface area (Å²) in [7, 11) is -3.10. The summed E-state index contributed by atoms with van der Waals surface area (Å²) in [6, 6.07) is 82.5. The Morgan fingerprint density at radius 3 is 1.56 bits per heavy atom. The molecule has 0 unspecified atom stereocenters. The number of aromatic nitrogens is 2. The van der Waals surface area contributed by atoms with Gasteiger partial charge >= 0.3 is 0 Å². The molecule has 12 rings (SSSR count). The summed E-state index contributed by atoms with van der Waals surface area (Å²) in [6.45, 7) is 0. The van der Waals surface area contributed by atoms with Crippen molar-refractivity contribution in [1.29, 1.82) is 0 Å². The molecule has 0 bridgehead atoms. The molecule has 0 amide bonds. The fraction of sp³-hybridized carbons (Fsp3) is 0. The minimum atomic E-state index is -3.10. The van der Waals surface area contributed by atoms with Crippen LogP contribution in [0.4, 0.5) is 0 Å². The molecule has 0 fully saturated rings. The van der Waals surface area contributed by atoms with Gasteiger partial charge in [0.1, 0.15) is 0 Å². The highest BCUT2D eigenvalue weighted by atomic mass is 31.2. The van der Waals surface area contributed by atoms with Crippen LogP contribution >= 0.6 is 7.14 Å². The van der Waals surface area contributed by atoms with Gasteiger partial charge in [-0.25, -0.2) is 4.98 Å². The largest absolute Gasteiger partial charge is 0.309 e. The standard InChI is InChI=1S/C59H39N2OP/c62-63(43-22-9-3-10-23-43,44-24-11-4-12-25-44)45-34-32-40(33-35-45)46-36-37-49(48-27-14-13-26-47(46)48)50-29-17-30-52-56-53(58(60-59(50)52)41-18-5-1-6-19-41)38-39-55-57(56)51-28-15-16-31-54(51)61(55)42-20-7-2-8-21-42/h1-39H. The lowest BCUT2D eigenvalue weighted by Gasteiger charge is -2.20. The molecule has 3 nitrogen and oxygen atoms in total. The molecule has 0 aliphatic rings. The maximum Gasteiger partial charge on any atom is 0.171 e. The SMILES string of the molecule is O=P(c1ccccc1)(c1ccccc1)c1ccc(-c2ccc(-c3cccc4c3nc(-c3ccccc3)c3ccc5c(c6ccccc6n5-c5ccccc5)c34)c3ccccc23)cc1. The Labute approximate surface area is 365 Å². The fourth-order valence-corrected chi connectivity index (χ4v) is 12.5. The number of hydrogen-bond acceptors (Lipinski definition) is 2. The molecule has 0 aliphatic carbocycles. The van der Waals surface area contributed by atoms with E-state index in [0.29, 0.717) is 0 Å². The Balaban J connectivity index is 1.08. The molecule has 0 atom stereocenters. The predicted octanol–water partition coefficient (Wildman–Crippen LogP) is 14.3. The van der Waals surface area contributed by atoms with Crippen molar-refractivity contribution in [2.75, 3.05) is 0 Å². The highest BCUT2D eigenvalue weighted by Gasteiger charge is 2.29. The van der Waals surface area contributed by atoms with Crippen LogP contribution < -0.4 is 15.9 Å². The number of benzene rings is 10. The van der Waals surface area contributed by atoms with Gasteiger partial charge in [-0.3, -0.25) is 0 Å². The average Bonchev–Trinajstić information content (AvgIpc) is 3.71. The molecule has 0 saturated carbocycles.